The van der Waals surface area contributed by atoms with Crippen LogP contribution < -0.4 is 5.32 Å². The number of nitrogens with zero attached hydrogens (tertiary/aromatic N) is 1. The molecule has 1 heterocycles. The fourth-order valence-electron chi connectivity index (χ4n) is 4.67. The molecule has 2 aliphatic rings. The molecule has 27 heavy (non-hydrogen) atoms. The Bertz CT molecular complexity index is 756. The molecule has 1 aliphatic heterocycles. The zero-order chi connectivity index (χ0) is 19.8. The van der Waals surface area contributed by atoms with Crippen molar-refractivity contribution in [1.82, 2.24) is 10.2 Å². The molecule has 3 amide bonds. The van der Waals surface area contributed by atoms with Crippen molar-refractivity contribution in [1.29, 1.82) is 0 Å². The second-order valence-corrected chi connectivity index (χ2v) is 8.90. The summed E-state index contributed by atoms with van der Waals surface area (Å²) in [7, 11) is 0. The smallest absolute Gasteiger partial charge is 0.326 e. The van der Waals surface area contributed by atoms with Gasteiger partial charge in [0.1, 0.15) is 18.7 Å². The van der Waals surface area contributed by atoms with E-state index in [1.807, 2.05) is 31.2 Å². The van der Waals surface area contributed by atoms with Crippen molar-refractivity contribution < 1.29 is 19.1 Å². The predicted molar refractivity (Wildman–Crippen MR) is 101 cm³/mol. The lowest BCUT2D eigenvalue weighted by Gasteiger charge is -2.43. The summed E-state index contributed by atoms with van der Waals surface area (Å²) in [6, 6.07) is 7.15. The SMILES string of the molecule is Cc1ccc(COC(=O)CN2C(=O)N[C@]3(C[C@H](C)CC(C)(C)C3)C2=O)cc1. The van der Waals surface area contributed by atoms with E-state index in [2.05, 4.69) is 26.1 Å². The van der Waals surface area contributed by atoms with Crippen LogP contribution in [0.4, 0.5) is 4.79 Å². The number of imide groups is 1. The third kappa shape index (κ3) is 4.15. The molecule has 1 saturated carbocycles. The van der Waals surface area contributed by atoms with E-state index in [9.17, 15) is 14.4 Å². The van der Waals surface area contributed by atoms with E-state index in [1.165, 1.54) is 0 Å². The lowest BCUT2D eigenvalue weighted by molar-refractivity contribution is -0.149. The fourth-order valence-corrected chi connectivity index (χ4v) is 4.67. The number of esters is 1. The highest BCUT2D eigenvalue weighted by atomic mass is 16.5. The fraction of sp³-hybridized carbons (Fsp3) is 0.571. The summed E-state index contributed by atoms with van der Waals surface area (Å²) in [6.45, 7) is 8.08. The molecule has 0 aromatic heterocycles. The molecule has 3 rings (SSSR count). The van der Waals surface area contributed by atoms with Gasteiger partial charge in [0.2, 0.25) is 0 Å². The molecule has 1 aromatic carbocycles. The van der Waals surface area contributed by atoms with Gasteiger partial charge in [-0.25, -0.2) is 4.79 Å². The molecule has 1 N–H and O–H groups in total. The first kappa shape index (κ1) is 19.4. The molecule has 2 fully saturated rings. The van der Waals surface area contributed by atoms with Crippen molar-refractivity contribution in [3.8, 4) is 0 Å². The number of ether oxygens (including phenoxy) is 1. The van der Waals surface area contributed by atoms with Gasteiger partial charge in [-0.1, -0.05) is 50.6 Å². The van der Waals surface area contributed by atoms with Gasteiger partial charge in [0, 0.05) is 0 Å². The zero-order valence-corrected chi connectivity index (χ0v) is 16.5. The zero-order valence-electron chi connectivity index (χ0n) is 16.5. The van der Waals surface area contributed by atoms with Crippen molar-refractivity contribution in [2.75, 3.05) is 6.54 Å². The van der Waals surface area contributed by atoms with Crippen LogP contribution in [0.25, 0.3) is 0 Å². The van der Waals surface area contributed by atoms with Gasteiger partial charge in [-0.2, -0.15) is 0 Å². The van der Waals surface area contributed by atoms with E-state index < -0.39 is 17.5 Å². The number of carbonyl (C=O) groups excluding carboxylic acids is 3. The number of hydrogen-bond donors (Lipinski definition) is 1. The monoisotopic (exact) mass is 372 g/mol. The molecule has 0 unspecified atom stereocenters. The van der Waals surface area contributed by atoms with Gasteiger partial charge in [0.15, 0.2) is 0 Å². The van der Waals surface area contributed by atoms with E-state index in [0.717, 1.165) is 22.4 Å². The topological polar surface area (TPSA) is 75.7 Å². The molecule has 6 heteroatoms. The minimum absolute atomic E-state index is 0.0391. The molecule has 1 spiro atoms. The molecule has 146 valence electrons. The van der Waals surface area contributed by atoms with Crippen molar-refractivity contribution >= 4 is 17.9 Å². The molecular weight excluding hydrogens is 344 g/mol. The van der Waals surface area contributed by atoms with Crippen LogP contribution in [-0.4, -0.2) is 34.9 Å². The standard InChI is InChI=1S/C21H28N2O4/c1-14-5-7-16(8-6-14)12-27-17(24)11-23-18(25)21(22-19(23)26)10-15(2)9-20(3,4)13-21/h5-8,15H,9-13H2,1-4H3,(H,22,26)/t15-,21+/m1/s1. The van der Waals surface area contributed by atoms with Gasteiger partial charge in [0.25, 0.3) is 5.91 Å². The number of amides is 3. The Hall–Kier alpha value is -2.37. The van der Waals surface area contributed by atoms with Crippen LogP contribution >= 0.6 is 0 Å². The normalized spacial score (nSPS) is 27.0. The van der Waals surface area contributed by atoms with E-state index in [0.29, 0.717) is 18.8 Å². The van der Waals surface area contributed by atoms with E-state index >= 15 is 0 Å². The minimum atomic E-state index is -0.893. The third-order valence-electron chi connectivity index (χ3n) is 5.43. The molecule has 1 saturated heterocycles. The lowest BCUT2D eigenvalue weighted by atomic mass is 9.64. The molecule has 0 bridgehead atoms. The maximum Gasteiger partial charge on any atom is 0.326 e. The highest BCUT2D eigenvalue weighted by molar-refractivity contribution is 6.08. The molecule has 6 nitrogen and oxygen atoms in total. The summed E-state index contributed by atoms with van der Waals surface area (Å²) in [5, 5.41) is 2.87. The van der Waals surface area contributed by atoms with Crippen LogP contribution in [-0.2, 0) is 20.9 Å². The summed E-state index contributed by atoms with van der Waals surface area (Å²) >= 11 is 0. The summed E-state index contributed by atoms with van der Waals surface area (Å²) < 4.78 is 5.25. The maximum absolute atomic E-state index is 13.0. The summed E-state index contributed by atoms with van der Waals surface area (Å²) in [4.78, 5) is 38.6. The number of nitrogens with one attached hydrogen (secondary N) is 1. The Kier molecular flexibility index (Phi) is 5.02. The van der Waals surface area contributed by atoms with Crippen molar-refractivity contribution in [2.24, 2.45) is 11.3 Å². The highest BCUT2D eigenvalue weighted by Gasteiger charge is 2.56. The molecule has 1 aromatic rings. The Morgan fingerprint density at radius 3 is 2.52 bits per heavy atom. The van der Waals surface area contributed by atoms with Crippen LogP contribution in [0.5, 0.6) is 0 Å². The second-order valence-electron chi connectivity index (χ2n) is 8.90. The Labute approximate surface area is 160 Å². The van der Waals surface area contributed by atoms with Crippen LogP contribution in [0.2, 0.25) is 0 Å². The van der Waals surface area contributed by atoms with Crippen LogP contribution in [0, 0.1) is 18.3 Å². The van der Waals surface area contributed by atoms with Crippen LogP contribution in [0.15, 0.2) is 24.3 Å². The molecule has 0 radical (unpaired) electrons. The van der Waals surface area contributed by atoms with Gasteiger partial charge in [-0.3, -0.25) is 14.5 Å². The Morgan fingerprint density at radius 1 is 1.22 bits per heavy atom. The first-order valence-corrected chi connectivity index (χ1v) is 9.46. The van der Waals surface area contributed by atoms with Gasteiger partial charge < -0.3 is 10.1 Å². The van der Waals surface area contributed by atoms with Crippen molar-refractivity contribution in [3.05, 3.63) is 35.4 Å². The van der Waals surface area contributed by atoms with E-state index in [4.69, 9.17) is 4.74 Å². The van der Waals surface area contributed by atoms with Crippen molar-refractivity contribution in [3.63, 3.8) is 0 Å². The highest BCUT2D eigenvalue weighted by Crippen LogP contribution is 2.46. The van der Waals surface area contributed by atoms with E-state index in [1.54, 1.807) is 0 Å². The molecule has 1 aliphatic carbocycles. The minimum Gasteiger partial charge on any atom is -0.459 e. The average Bonchev–Trinajstić information content (AvgIpc) is 2.76. The number of carbonyl (C=O) groups is 3. The first-order chi connectivity index (χ1) is 12.6. The Balaban J connectivity index is 1.63. The van der Waals surface area contributed by atoms with Gasteiger partial charge in [0.05, 0.1) is 0 Å². The number of rotatable bonds is 4. The number of urea groups is 1. The number of benzene rings is 1. The largest absolute Gasteiger partial charge is 0.459 e. The average molecular weight is 372 g/mol. The summed E-state index contributed by atoms with van der Waals surface area (Å²) in [5.41, 5.74) is 1.06. The Morgan fingerprint density at radius 2 is 1.89 bits per heavy atom. The second kappa shape index (κ2) is 6.98. The van der Waals surface area contributed by atoms with Crippen LogP contribution in [0.1, 0.15) is 51.2 Å². The summed E-state index contributed by atoms with van der Waals surface area (Å²) in [6.07, 6.45) is 2.20. The predicted octanol–water partition coefficient (Wildman–Crippen LogP) is 3.18. The van der Waals surface area contributed by atoms with Gasteiger partial charge in [-0.05, 0) is 43.1 Å². The lowest BCUT2D eigenvalue weighted by Crippen LogP contribution is -2.54. The van der Waals surface area contributed by atoms with Crippen molar-refractivity contribution in [2.45, 2.75) is 59.1 Å². The number of aryl methyl sites for hydroxylation is 1. The van der Waals surface area contributed by atoms with Crippen LogP contribution in [0.3, 0.4) is 0 Å². The van der Waals surface area contributed by atoms with Gasteiger partial charge in [-0.15, -0.1) is 0 Å². The first-order valence-electron chi connectivity index (χ1n) is 9.46. The molecule has 2 atom stereocenters. The van der Waals surface area contributed by atoms with Gasteiger partial charge >= 0.3 is 12.0 Å². The molecular formula is C21H28N2O4. The van der Waals surface area contributed by atoms with E-state index in [-0.39, 0.29) is 24.5 Å². The third-order valence-corrected chi connectivity index (χ3v) is 5.43. The maximum atomic E-state index is 13.0. The quantitative estimate of drug-likeness (QED) is 0.651. The summed E-state index contributed by atoms with van der Waals surface area (Å²) in [5.74, 6) is -0.565. The number of hydrogen-bond acceptors (Lipinski definition) is 4.